The van der Waals surface area contributed by atoms with Crippen molar-refractivity contribution in [2.45, 2.75) is 57.1 Å². The van der Waals surface area contributed by atoms with E-state index in [0.29, 0.717) is 17.0 Å². The van der Waals surface area contributed by atoms with Crippen LogP contribution in [0.4, 0.5) is 0 Å². The molecule has 0 saturated heterocycles. The van der Waals surface area contributed by atoms with Crippen molar-refractivity contribution in [1.29, 1.82) is 0 Å². The Bertz CT molecular complexity index is 1390. The molecule has 0 amide bonds. The first kappa shape index (κ1) is 26.1. The minimum atomic E-state index is -3.81. The standard InChI is InChI=1S/C27H29NO6S2/c1-4-22-15-28(36(32,33)26-8-6-5-7-24(26)34-22)14-20-11-19(10-9-17(20)2)23(13-27(30)31)21-12-25(18(3)29)35-16-21/h5-12,16,22-23H,4,13-15H2,1-3H3,(H,30,31)/t22-,23?/m1/s1. The number of carboxylic acid groups (broad SMARTS) is 1. The van der Waals surface area contributed by atoms with Crippen LogP contribution in [0.1, 0.15) is 64.5 Å². The summed E-state index contributed by atoms with van der Waals surface area (Å²) >= 11 is 1.30. The molecule has 9 heteroatoms. The van der Waals surface area contributed by atoms with Gasteiger partial charge in [-0.3, -0.25) is 9.59 Å². The first-order valence-corrected chi connectivity index (χ1v) is 14.1. The van der Waals surface area contributed by atoms with Gasteiger partial charge in [0.15, 0.2) is 5.78 Å². The van der Waals surface area contributed by atoms with E-state index in [1.807, 2.05) is 37.4 Å². The fourth-order valence-electron chi connectivity index (χ4n) is 4.39. The van der Waals surface area contributed by atoms with E-state index in [1.54, 1.807) is 30.3 Å². The summed E-state index contributed by atoms with van der Waals surface area (Å²) in [6.45, 7) is 5.71. The predicted molar refractivity (Wildman–Crippen MR) is 138 cm³/mol. The van der Waals surface area contributed by atoms with Crippen LogP contribution in [0.2, 0.25) is 0 Å². The van der Waals surface area contributed by atoms with Gasteiger partial charge in [-0.1, -0.05) is 37.3 Å². The summed E-state index contributed by atoms with van der Waals surface area (Å²) in [6.07, 6.45) is 0.219. The Hall–Kier alpha value is -3.01. The molecule has 36 heavy (non-hydrogen) atoms. The topological polar surface area (TPSA) is 101 Å². The van der Waals surface area contributed by atoms with Crippen molar-refractivity contribution in [2.24, 2.45) is 0 Å². The van der Waals surface area contributed by atoms with E-state index in [1.165, 1.54) is 22.6 Å². The lowest BCUT2D eigenvalue weighted by Gasteiger charge is -2.24. The zero-order valence-electron chi connectivity index (χ0n) is 20.4. The molecule has 0 saturated carbocycles. The molecular formula is C27H29NO6S2. The highest BCUT2D eigenvalue weighted by Crippen LogP contribution is 2.35. The summed E-state index contributed by atoms with van der Waals surface area (Å²) in [5.41, 5.74) is 3.23. The third-order valence-electron chi connectivity index (χ3n) is 6.49. The number of benzene rings is 2. The molecule has 1 N–H and O–H groups in total. The molecule has 1 aliphatic heterocycles. The molecule has 7 nitrogen and oxygen atoms in total. The molecule has 2 atom stereocenters. The first-order valence-electron chi connectivity index (χ1n) is 11.8. The Labute approximate surface area is 215 Å². The summed E-state index contributed by atoms with van der Waals surface area (Å²) < 4.78 is 34.6. The predicted octanol–water partition coefficient (Wildman–Crippen LogP) is 5.23. The van der Waals surface area contributed by atoms with Crippen LogP contribution in [-0.4, -0.2) is 42.2 Å². The monoisotopic (exact) mass is 527 g/mol. The van der Waals surface area contributed by atoms with Gasteiger partial charge in [-0.2, -0.15) is 4.31 Å². The van der Waals surface area contributed by atoms with Gasteiger partial charge in [-0.05, 0) is 66.1 Å². The number of ketones is 1. The number of Topliss-reactive ketones (excluding diaryl/α,β-unsaturated/α-hetero) is 1. The number of nitrogens with zero attached hydrogens (tertiary/aromatic N) is 1. The van der Waals surface area contributed by atoms with Gasteiger partial charge in [0.1, 0.15) is 16.7 Å². The Balaban J connectivity index is 1.72. The highest BCUT2D eigenvalue weighted by Gasteiger charge is 2.34. The van der Waals surface area contributed by atoms with Gasteiger partial charge >= 0.3 is 5.97 Å². The van der Waals surface area contributed by atoms with Crippen molar-refractivity contribution in [1.82, 2.24) is 4.31 Å². The fraction of sp³-hybridized carbons (Fsp3) is 0.333. The molecule has 190 valence electrons. The van der Waals surface area contributed by atoms with Crippen LogP contribution in [0.15, 0.2) is 58.8 Å². The molecule has 1 aliphatic rings. The van der Waals surface area contributed by atoms with Crippen LogP contribution >= 0.6 is 11.3 Å². The number of hydrogen-bond acceptors (Lipinski definition) is 6. The minimum Gasteiger partial charge on any atom is -0.488 e. The fourth-order valence-corrected chi connectivity index (χ4v) is 6.83. The molecule has 1 unspecified atom stereocenters. The maximum absolute atomic E-state index is 13.6. The van der Waals surface area contributed by atoms with E-state index in [-0.39, 0.29) is 36.3 Å². The lowest BCUT2D eigenvalue weighted by Crippen LogP contribution is -2.36. The lowest BCUT2D eigenvalue weighted by molar-refractivity contribution is -0.137. The molecule has 0 radical (unpaired) electrons. The zero-order chi connectivity index (χ0) is 26.0. The Morgan fingerprint density at radius 3 is 2.58 bits per heavy atom. The SMILES string of the molecule is CC[C@@H]1CN(Cc2cc(C(CC(=O)O)c3csc(C(C)=O)c3)ccc2C)S(=O)(=O)c2ccccc2O1. The Kier molecular flexibility index (Phi) is 7.63. The third kappa shape index (κ3) is 5.38. The highest BCUT2D eigenvalue weighted by atomic mass is 32.2. The zero-order valence-corrected chi connectivity index (χ0v) is 22.1. The number of carboxylic acids is 1. The van der Waals surface area contributed by atoms with Crippen LogP contribution in [0, 0.1) is 6.92 Å². The number of rotatable bonds is 8. The third-order valence-corrected chi connectivity index (χ3v) is 9.39. The van der Waals surface area contributed by atoms with E-state index in [0.717, 1.165) is 22.3 Å². The second kappa shape index (κ2) is 10.5. The molecule has 3 aromatic rings. The number of carbonyl (C=O) groups is 2. The van der Waals surface area contributed by atoms with Gasteiger partial charge < -0.3 is 9.84 Å². The molecule has 0 aliphatic carbocycles. The number of ether oxygens (including phenoxy) is 1. The average molecular weight is 528 g/mol. The number of para-hydroxylation sites is 1. The van der Waals surface area contributed by atoms with Crippen LogP contribution < -0.4 is 4.74 Å². The van der Waals surface area contributed by atoms with Gasteiger partial charge in [0.25, 0.3) is 0 Å². The number of thiophene rings is 1. The number of aliphatic carboxylic acids is 1. The molecule has 2 heterocycles. The number of carbonyl (C=O) groups excluding carboxylic acids is 1. The average Bonchev–Trinajstić information content (AvgIpc) is 3.29. The second-order valence-corrected chi connectivity index (χ2v) is 11.8. The number of hydrogen-bond donors (Lipinski definition) is 1. The first-order chi connectivity index (χ1) is 17.1. The van der Waals surface area contributed by atoms with E-state index >= 15 is 0 Å². The normalized spacial score (nSPS) is 18.0. The summed E-state index contributed by atoms with van der Waals surface area (Å²) in [5.74, 6) is -1.12. The van der Waals surface area contributed by atoms with E-state index in [4.69, 9.17) is 4.74 Å². The molecule has 0 bridgehead atoms. The number of fused-ring (bicyclic) bond motifs is 1. The van der Waals surface area contributed by atoms with Crippen molar-refractivity contribution in [3.05, 3.63) is 81.0 Å². The van der Waals surface area contributed by atoms with Crippen molar-refractivity contribution < 1.29 is 27.9 Å². The number of sulfonamides is 1. The van der Waals surface area contributed by atoms with Crippen LogP contribution in [0.3, 0.4) is 0 Å². The summed E-state index contributed by atoms with van der Waals surface area (Å²) in [6, 6.07) is 14.1. The number of aryl methyl sites for hydroxylation is 1. The van der Waals surface area contributed by atoms with E-state index < -0.39 is 21.9 Å². The van der Waals surface area contributed by atoms with Crippen molar-refractivity contribution in [2.75, 3.05) is 6.54 Å². The van der Waals surface area contributed by atoms with Crippen molar-refractivity contribution in [3.8, 4) is 5.75 Å². The highest BCUT2D eigenvalue weighted by molar-refractivity contribution is 7.89. The van der Waals surface area contributed by atoms with Gasteiger partial charge in [0.05, 0.1) is 17.8 Å². The summed E-state index contributed by atoms with van der Waals surface area (Å²) in [5, 5.41) is 11.4. The Morgan fingerprint density at radius 2 is 1.92 bits per heavy atom. The maximum atomic E-state index is 13.6. The van der Waals surface area contributed by atoms with Gasteiger partial charge in [-0.15, -0.1) is 11.3 Å². The van der Waals surface area contributed by atoms with E-state index in [2.05, 4.69) is 0 Å². The van der Waals surface area contributed by atoms with Gasteiger partial charge in [0, 0.05) is 12.5 Å². The van der Waals surface area contributed by atoms with Gasteiger partial charge in [-0.25, -0.2) is 8.42 Å². The largest absolute Gasteiger partial charge is 0.488 e. The molecule has 1 aromatic heterocycles. The van der Waals surface area contributed by atoms with Crippen LogP contribution in [0.25, 0.3) is 0 Å². The van der Waals surface area contributed by atoms with Crippen LogP contribution in [0.5, 0.6) is 5.75 Å². The summed E-state index contributed by atoms with van der Waals surface area (Å²) in [4.78, 5) is 24.2. The molecule has 2 aromatic carbocycles. The van der Waals surface area contributed by atoms with E-state index in [9.17, 15) is 23.1 Å². The quantitative estimate of drug-likeness (QED) is 0.403. The molecular weight excluding hydrogens is 498 g/mol. The van der Waals surface area contributed by atoms with Crippen LogP contribution in [-0.2, 0) is 21.4 Å². The Morgan fingerprint density at radius 1 is 1.17 bits per heavy atom. The van der Waals surface area contributed by atoms with Gasteiger partial charge in [0.2, 0.25) is 10.0 Å². The van der Waals surface area contributed by atoms with Crippen molar-refractivity contribution >= 4 is 33.1 Å². The maximum Gasteiger partial charge on any atom is 0.304 e. The minimum absolute atomic E-state index is 0.0655. The second-order valence-electron chi connectivity index (χ2n) is 9.03. The smallest absolute Gasteiger partial charge is 0.304 e. The lowest BCUT2D eigenvalue weighted by atomic mass is 9.88. The van der Waals surface area contributed by atoms with Crippen molar-refractivity contribution in [3.63, 3.8) is 0 Å². The molecule has 0 fully saturated rings. The summed E-state index contributed by atoms with van der Waals surface area (Å²) in [7, 11) is -3.81. The molecule has 0 spiro atoms. The molecule has 4 rings (SSSR count).